The molecule has 0 amide bonds. The summed E-state index contributed by atoms with van der Waals surface area (Å²) in [5.41, 5.74) is 3.90. The highest BCUT2D eigenvalue weighted by Crippen LogP contribution is 2.07. The Morgan fingerprint density at radius 1 is 0.556 bits per heavy atom. The topological polar surface area (TPSA) is 0 Å². The van der Waals surface area contributed by atoms with Crippen molar-refractivity contribution < 1.29 is 0 Å². The van der Waals surface area contributed by atoms with E-state index in [2.05, 4.69) is 38.1 Å². The summed E-state index contributed by atoms with van der Waals surface area (Å²) in [7, 11) is 0. The van der Waals surface area contributed by atoms with E-state index in [1.165, 1.54) is 16.7 Å². The molecule has 0 aliphatic rings. The number of aryl methyl sites for hydroxylation is 3. The Bertz CT molecular complexity index is 327. The van der Waals surface area contributed by atoms with Gasteiger partial charge in [0, 0.05) is 5.02 Å². The molecule has 0 aliphatic heterocycles. The van der Waals surface area contributed by atoms with Gasteiger partial charge in [-0.15, -0.1) is 0 Å². The Hall–Kier alpha value is -1.27. The summed E-state index contributed by atoms with van der Waals surface area (Å²) in [6.45, 7) is 10.2. The third-order valence-corrected chi connectivity index (χ3v) is 2.48. The van der Waals surface area contributed by atoms with E-state index in [9.17, 15) is 0 Å². The predicted molar refractivity (Wildman–Crippen MR) is 83.5 cm³/mol. The van der Waals surface area contributed by atoms with E-state index < -0.39 is 0 Å². The van der Waals surface area contributed by atoms with Gasteiger partial charge in [-0.2, -0.15) is 0 Å². The lowest BCUT2D eigenvalue weighted by atomic mass is 10.2. The number of hydrogen-bond acceptors (Lipinski definition) is 0. The van der Waals surface area contributed by atoms with Crippen LogP contribution in [0, 0.1) is 20.8 Å². The predicted octanol–water partition coefficient (Wildman–Crippen LogP) is 5.98. The zero-order chi connectivity index (χ0) is 14.0. The van der Waals surface area contributed by atoms with E-state index in [4.69, 9.17) is 11.6 Å². The van der Waals surface area contributed by atoms with Gasteiger partial charge in [-0.05, 0) is 32.9 Å². The molecule has 0 heterocycles. The van der Waals surface area contributed by atoms with Gasteiger partial charge in [0.05, 0.1) is 0 Å². The van der Waals surface area contributed by atoms with Gasteiger partial charge in [0.15, 0.2) is 0 Å². The van der Waals surface area contributed by atoms with E-state index in [-0.39, 0.29) is 0 Å². The third kappa shape index (κ3) is 7.92. The van der Waals surface area contributed by atoms with Crippen LogP contribution in [0.25, 0.3) is 0 Å². The van der Waals surface area contributed by atoms with Crippen molar-refractivity contribution >= 4 is 11.6 Å². The molecule has 0 spiro atoms. The van der Waals surface area contributed by atoms with Crippen molar-refractivity contribution in [1.82, 2.24) is 0 Å². The molecule has 0 fully saturated rings. The van der Waals surface area contributed by atoms with E-state index in [1.54, 1.807) is 0 Å². The number of halogens is 1. The minimum absolute atomic E-state index is 0.801. The number of hydrogen-bond donors (Lipinski definition) is 0. The quantitative estimate of drug-likeness (QED) is 0.548. The Morgan fingerprint density at radius 3 is 1.00 bits per heavy atom. The van der Waals surface area contributed by atoms with Crippen LogP contribution in [0.2, 0.25) is 5.02 Å². The van der Waals surface area contributed by atoms with Crippen molar-refractivity contribution in [3.8, 4) is 0 Å². The zero-order valence-corrected chi connectivity index (χ0v) is 12.8. The second-order valence-electron chi connectivity index (χ2n) is 3.95. The molecule has 2 rings (SSSR count). The largest absolute Gasteiger partial charge is 0.0843 e. The lowest BCUT2D eigenvalue weighted by molar-refractivity contribution is 1.40. The molecular formula is C17H23Cl. The minimum atomic E-state index is 0.801. The molecule has 0 saturated heterocycles. The Kier molecular flexibility index (Phi) is 9.04. The first-order valence-electron chi connectivity index (χ1n) is 6.33. The average Bonchev–Trinajstić information content (AvgIpc) is 2.40. The fourth-order valence-electron chi connectivity index (χ4n) is 1.17. The standard InChI is InChI=1S/C8H10.C7H7Cl.C2H6/c1-7-3-5-8(2)6-4-7;1-6-2-4-7(8)5-3-6;1-2/h3-6H,1-2H3;2-5H,1H3;1-2H3. The highest BCUT2D eigenvalue weighted by Gasteiger charge is 1.82. The molecule has 0 nitrogen and oxygen atoms in total. The lowest BCUT2D eigenvalue weighted by Crippen LogP contribution is -1.70. The fourth-order valence-corrected chi connectivity index (χ4v) is 1.30. The summed E-state index contributed by atoms with van der Waals surface area (Å²) >= 11 is 5.61. The normalized spacial score (nSPS) is 8.56. The molecule has 0 atom stereocenters. The highest BCUT2D eigenvalue weighted by molar-refractivity contribution is 6.30. The van der Waals surface area contributed by atoms with Crippen LogP contribution in [0.1, 0.15) is 30.5 Å². The first-order chi connectivity index (χ1) is 8.58. The summed E-state index contributed by atoms with van der Waals surface area (Å²) in [5, 5.41) is 0.801. The van der Waals surface area contributed by atoms with Crippen LogP contribution in [0.5, 0.6) is 0 Å². The fraction of sp³-hybridized carbons (Fsp3) is 0.294. The molecular weight excluding hydrogens is 240 g/mol. The van der Waals surface area contributed by atoms with E-state index in [0.717, 1.165) is 5.02 Å². The van der Waals surface area contributed by atoms with Crippen LogP contribution in [0.15, 0.2) is 48.5 Å². The van der Waals surface area contributed by atoms with Crippen molar-refractivity contribution in [2.75, 3.05) is 0 Å². The Labute approximate surface area is 117 Å². The van der Waals surface area contributed by atoms with Crippen LogP contribution in [-0.2, 0) is 0 Å². The van der Waals surface area contributed by atoms with Crippen molar-refractivity contribution in [3.05, 3.63) is 70.2 Å². The smallest absolute Gasteiger partial charge is 0.0406 e. The summed E-state index contributed by atoms with van der Waals surface area (Å²) in [4.78, 5) is 0. The summed E-state index contributed by atoms with van der Waals surface area (Å²) < 4.78 is 0. The maximum Gasteiger partial charge on any atom is 0.0406 e. The SMILES string of the molecule is CC.Cc1ccc(C)cc1.Cc1ccc(Cl)cc1. The molecule has 0 aliphatic carbocycles. The molecule has 1 heteroatoms. The van der Waals surface area contributed by atoms with Gasteiger partial charge < -0.3 is 0 Å². The van der Waals surface area contributed by atoms with E-state index in [1.807, 2.05) is 45.0 Å². The zero-order valence-electron chi connectivity index (χ0n) is 12.0. The van der Waals surface area contributed by atoms with Crippen molar-refractivity contribution in [2.24, 2.45) is 0 Å². The van der Waals surface area contributed by atoms with Gasteiger partial charge in [-0.25, -0.2) is 0 Å². The van der Waals surface area contributed by atoms with Gasteiger partial charge in [0.25, 0.3) is 0 Å². The lowest BCUT2D eigenvalue weighted by Gasteiger charge is -1.90. The first-order valence-corrected chi connectivity index (χ1v) is 6.71. The van der Waals surface area contributed by atoms with Crippen LogP contribution in [0.3, 0.4) is 0 Å². The molecule has 2 aromatic rings. The second kappa shape index (κ2) is 9.73. The molecule has 18 heavy (non-hydrogen) atoms. The van der Waals surface area contributed by atoms with E-state index >= 15 is 0 Å². The second-order valence-corrected chi connectivity index (χ2v) is 4.39. The Morgan fingerprint density at radius 2 is 0.778 bits per heavy atom. The molecule has 0 unspecified atom stereocenters. The van der Waals surface area contributed by atoms with Gasteiger partial charge in [0.2, 0.25) is 0 Å². The van der Waals surface area contributed by atoms with E-state index in [0.29, 0.717) is 0 Å². The first kappa shape index (κ1) is 16.7. The third-order valence-electron chi connectivity index (χ3n) is 2.23. The van der Waals surface area contributed by atoms with Gasteiger partial charge >= 0.3 is 0 Å². The van der Waals surface area contributed by atoms with Gasteiger partial charge in [-0.3, -0.25) is 0 Å². The maximum absolute atomic E-state index is 5.61. The van der Waals surface area contributed by atoms with Crippen molar-refractivity contribution in [1.29, 1.82) is 0 Å². The monoisotopic (exact) mass is 262 g/mol. The number of rotatable bonds is 0. The maximum atomic E-state index is 5.61. The highest BCUT2D eigenvalue weighted by atomic mass is 35.5. The van der Waals surface area contributed by atoms with Crippen molar-refractivity contribution in [3.63, 3.8) is 0 Å². The summed E-state index contributed by atoms with van der Waals surface area (Å²) in [6, 6.07) is 16.2. The van der Waals surface area contributed by atoms with Crippen LogP contribution >= 0.6 is 11.6 Å². The van der Waals surface area contributed by atoms with Crippen molar-refractivity contribution in [2.45, 2.75) is 34.6 Å². The molecule has 0 radical (unpaired) electrons. The Balaban J connectivity index is 0.000000283. The molecule has 0 N–H and O–H groups in total. The van der Waals surface area contributed by atoms with Crippen LogP contribution in [0.4, 0.5) is 0 Å². The van der Waals surface area contributed by atoms with Gasteiger partial charge in [0.1, 0.15) is 0 Å². The molecule has 0 aromatic heterocycles. The van der Waals surface area contributed by atoms with Gasteiger partial charge in [-0.1, -0.05) is 78.5 Å². The molecule has 2 aromatic carbocycles. The van der Waals surface area contributed by atoms with Crippen LogP contribution < -0.4 is 0 Å². The summed E-state index contributed by atoms with van der Waals surface area (Å²) in [5.74, 6) is 0. The van der Waals surface area contributed by atoms with Crippen LogP contribution in [-0.4, -0.2) is 0 Å². The molecule has 0 bridgehead atoms. The average molecular weight is 263 g/mol. The molecule has 0 saturated carbocycles. The number of benzene rings is 2. The minimum Gasteiger partial charge on any atom is -0.0843 e. The summed E-state index contributed by atoms with van der Waals surface area (Å²) in [6.07, 6.45) is 0. The molecule has 98 valence electrons.